The number of aliphatic hydroxyl groups is 1. The molecule has 0 spiro atoms. The molecule has 11 heteroatoms. The molecule has 0 fully saturated rings. The molecule has 1 heterocycles. The minimum absolute atomic E-state index is 0.0605. The highest BCUT2D eigenvalue weighted by molar-refractivity contribution is 5.94. The van der Waals surface area contributed by atoms with Gasteiger partial charge in [0.25, 0.3) is 5.91 Å². The zero-order chi connectivity index (χ0) is 22.6. The van der Waals surface area contributed by atoms with Crippen molar-refractivity contribution >= 4 is 5.91 Å². The Labute approximate surface area is 172 Å². The zero-order valence-electron chi connectivity index (χ0n) is 15.7. The molecule has 3 rings (SSSR count). The molecule has 0 bridgehead atoms. The average Bonchev–Trinajstić information content (AvgIpc) is 3.23. The third-order valence-corrected chi connectivity index (χ3v) is 4.22. The first kappa shape index (κ1) is 22.2. The Morgan fingerprint density at radius 2 is 1.71 bits per heavy atom. The number of alkyl halides is 5. The lowest BCUT2D eigenvalue weighted by molar-refractivity contribution is -0.141. The van der Waals surface area contributed by atoms with Crippen LogP contribution < -0.4 is 10.1 Å². The third-order valence-electron chi connectivity index (χ3n) is 4.22. The quantitative estimate of drug-likeness (QED) is 0.545. The molecule has 6 nitrogen and oxygen atoms in total. The molecular weight excluding hydrogens is 425 g/mol. The molecule has 0 aliphatic carbocycles. The molecular formula is C20H16F5N3O3. The van der Waals surface area contributed by atoms with Gasteiger partial charge in [-0.3, -0.25) is 4.79 Å². The number of aliphatic hydroxyl groups excluding tert-OH is 1. The van der Waals surface area contributed by atoms with E-state index < -0.39 is 30.5 Å². The number of aromatic nitrogens is 2. The van der Waals surface area contributed by atoms with E-state index in [1.165, 1.54) is 48.5 Å². The van der Waals surface area contributed by atoms with Crippen LogP contribution in [0.3, 0.4) is 0 Å². The second kappa shape index (κ2) is 9.13. The van der Waals surface area contributed by atoms with Crippen LogP contribution >= 0.6 is 0 Å². The van der Waals surface area contributed by atoms with E-state index in [1.54, 1.807) is 0 Å². The molecule has 1 amide bonds. The van der Waals surface area contributed by atoms with Crippen molar-refractivity contribution < 1.29 is 36.6 Å². The number of hydrogen-bond donors (Lipinski definition) is 2. The molecule has 0 aliphatic heterocycles. The molecule has 164 valence electrons. The van der Waals surface area contributed by atoms with E-state index in [9.17, 15) is 31.9 Å². The summed E-state index contributed by atoms with van der Waals surface area (Å²) in [5.41, 5.74) is -0.0912. The highest BCUT2D eigenvalue weighted by atomic mass is 19.4. The van der Waals surface area contributed by atoms with Gasteiger partial charge in [0.05, 0.1) is 11.8 Å². The highest BCUT2D eigenvalue weighted by Crippen LogP contribution is 2.28. The molecule has 1 atom stereocenters. The van der Waals surface area contributed by atoms with E-state index in [4.69, 9.17) is 0 Å². The van der Waals surface area contributed by atoms with E-state index >= 15 is 0 Å². The summed E-state index contributed by atoms with van der Waals surface area (Å²) in [6.07, 6.45) is -4.48. The van der Waals surface area contributed by atoms with Gasteiger partial charge in [-0.1, -0.05) is 12.1 Å². The van der Waals surface area contributed by atoms with Gasteiger partial charge in [-0.2, -0.15) is 27.1 Å². The van der Waals surface area contributed by atoms with Gasteiger partial charge >= 0.3 is 12.8 Å². The van der Waals surface area contributed by atoms with Crippen molar-refractivity contribution in [3.63, 3.8) is 0 Å². The topological polar surface area (TPSA) is 76.4 Å². The first-order valence-corrected chi connectivity index (χ1v) is 8.88. The van der Waals surface area contributed by atoms with Crippen molar-refractivity contribution in [2.75, 3.05) is 6.54 Å². The Morgan fingerprint density at radius 1 is 1.06 bits per heavy atom. The molecule has 0 radical (unpaired) electrons. The maximum atomic E-state index is 12.6. The van der Waals surface area contributed by atoms with Gasteiger partial charge in [-0.05, 0) is 48.0 Å². The van der Waals surface area contributed by atoms with Crippen LogP contribution in [-0.2, 0) is 6.18 Å². The summed E-state index contributed by atoms with van der Waals surface area (Å²) in [4.78, 5) is 12.2. The minimum atomic E-state index is -4.55. The van der Waals surface area contributed by atoms with Crippen molar-refractivity contribution in [2.24, 2.45) is 0 Å². The fraction of sp³-hybridized carbons (Fsp3) is 0.200. The second-order valence-electron chi connectivity index (χ2n) is 6.36. The third kappa shape index (κ3) is 5.79. The molecule has 3 aromatic rings. The molecule has 0 saturated carbocycles. The van der Waals surface area contributed by atoms with E-state index in [-0.39, 0.29) is 17.9 Å². The first-order chi connectivity index (χ1) is 14.6. The number of ether oxygens (including phenoxy) is 1. The van der Waals surface area contributed by atoms with Gasteiger partial charge in [0, 0.05) is 18.3 Å². The molecule has 1 unspecified atom stereocenters. The predicted molar refractivity (Wildman–Crippen MR) is 98.9 cm³/mol. The van der Waals surface area contributed by atoms with Crippen molar-refractivity contribution in [3.05, 3.63) is 77.6 Å². The van der Waals surface area contributed by atoms with E-state index in [2.05, 4.69) is 15.2 Å². The first-order valence-electron chi connectivity index (χ1n) is 8.88. The largest absolute Gasteiger partial charge is 0.435 e. The maximum absolute atomic E-state index is 12.6. The van der Waals surface area contributed by atoms with Gasteiger partial charge in [0.1, 0.15) is 5.75 Å². The van der Waals surface area contributed by atoms with Crippen LogP contribution in [-0.4, -0.2) is 34.0 Å². The van der Waals surface area contributed by atoms with E-state index in [0.717, 1.165) is 16.9 Å². The molecule has 1 aromatic heterocycles. The van der Waals surface area contributed by atoms with Crippen molar-refractivity contribution in [2.45, 2.75) is 18.9 Å². The summed E-state index contributed by atoms with van der Waals surface area (Å²) in [6, 6.07) is 11.8. The van der Waals surface area contributed by atoms with Gasteiger partial charge in [0.2, 0.25) is 0 Å². The van der Waals surface area contributed by atoms with Crippen LogP contribution in [0.1, 0.15) is 27.7 Å². The lowest BCUT2D eigenvalue weighted by Crippen LogP contribution is -2.28. The number of amides is 1. The molecule has 0 aliphatic rings. The number of carbonyl (C=O) groups excluding carboxylic acids is 1. The standard InChI is InChI=1S/C20H16F5N3O3/c21-19(22)31-15-7-3-12(4-8-15)16(29)11-26-18(30)13-1-5-14(6-2-13)28-10-9-17(27-28)20(23,24)25/h1-10,16,19,29H,11H2,(H,26,30). The van der Waals surface area contributed by atoms with Crippen LogP contribution in [0.25, 0.3) is 5.69 Å². The summed E-state index contributed by atoms with van der Waals surface area (Å²) < 4.78 is 67.5. The number of carbonyl (C=O) groups is 1. The Hall–Kier alpha value is -3.47. The lowest BCUT2D eigenvalue weighted by Gasteiger charge is -2.13. The van der Waals surface area contributed by atoms with Crippen LogP contribution in [0.15, 0.2) is 60.8 Å². The summed E-state index contributed by atoms with van der Waals surface area (Å²) in [5, 5.41) is 16.1. The average molecular weight is 441 g/mol. The van der Waals surface area contributed by atoms with Crippen molar-refractivity contribution in [1.82, 2.24) is 15.1 Å². The minimum Gasteiger partial charge on any atom is -0.435 e. The number of hydrogen-bond acceptors (Lipinski definition) is 4. The Kier molecular flexibility index (Phi) is 6.54. The van der Waals surface area contributed by atoms with E-state index in [0.29, 0.717) is 11.3 Å². The lowest BCUT2D eigenvalue weighted by atomic mass is 10.1. The summed E-state index contributed by atoms with van der Waals surface area (Å²) in [6.45, 7) is -3.11. The van der Waals surface area contributed by atoms with Crippen molar-refractivity contribution in [1.29, 1.82) is 0 Å². The normalized spacial score (nSPS) is 12.6. The van der Waals surface area contributed by atoms with Crippen LogP contribution in [0.4, 0.5) is 22.0 Å². The molecule has 2 aromatic carbocycles. The fourth-order valence-electron chi connectivity index (χ4n) is 2.67. The number of nitrogens with zero attached hydrogens (tertiary/aromatic N) is 2. The zero-order valence-corrected chi connectivity index (χ0v) is 15.7. The molecule has 0 saturated heterocycles. The number of halogens is 5. The fourth-order valence-corrected chi connectivity index (χ4v) is 2.67. The Bertz CT molecular complexity index is 1020. The van der Waals surface area contributed by atoms with Gasteiger partial charge in [-0.25, -0.2) is 4.68 Å². The van der Waals surface area contributed by atoms with Gasteiger partial charge < -0.3 is 15.2 Å². The SMILES string of the molecule is O=C(NCC(O)c1ccc(OC(F)F)cc1)c1ccc(-n2ccc(C(F)(F)F)n2)cc1. The molecule has 2 N–H and O–H groups in total. The number of benzene rings is 2. The number of nitrogens with one attached hydrogen (secondary N) is 1. The van der Waals surface area contributed by atoms with E-state index in [1.807, 2.05) is 0 Å². The van der Waals surface area contributed by atoms with Gasteiger partial charge in [-0.15, -0.1) is 0 Å². The summed E-state index contributed by atoms with van der Waals surface area (Å²) in [7, 11) is 0. The van der Waals surface area contributed by atoms with Crippen molar-refractivity contribution in [3.8, 4) is 11.4 Å². The van der Waals surface area contributed by atoms with Crippen LogP contribution in [0, 0.1) is 0 Å². The van der Waals surface area contributed by atoms with Gasteiger partial charge in [0.15, 0.2) is 5.69 Å². The summed E-state index contributed by atoms with van der Waals surface area (Å²) in [5.74, 6) is -0.575. The smallest absolute Gasteiger partial charge is 0.435 e. The highest BCUT2D eigenvalue weighted by Gasteiger charge is 2.33. The second-order valence-corrected chi connectivity index (χ2v) is 6.36. The molecule has 31 heavy (non-hydrogen) atoms. The summed E-state index contributed by atoms with van der Waals surface area (Å²) >= 11 is 0. The van der Waals surface area contributed by atoms with Crippen LogP contribution in [0.2, 0.25) is 0 Å². The monoisotopic (exact) mass is 441 g/mol. The number of rotatable bonds is 7. The maximum Gasteiger partial charge on any atom is 0.435 e. The predicted octanol–water partition coefficient (Wildman–Crippen LogP) is 3.96. The Morgan fingerprint density at radius 3 is 2.26 bits per heavy atom. The Balaban J connectivity index is 1.57. The van der Waals surface area contributed by atoms with Crippen LogP contribution in [0.5, 0.6) is 5.75 Å².